The summed E-state index contributed by atoms with van der Waals surface area (Å²) in [5.74, 6) is 0.134. The van der Waals surface area contributed by atoms with E-state index in [4.69, 9.17) is 0 Å². The fourth-order valence-corrected chi connectivity index (χ4v) is 4.18. The Morgan fingerprint density at radius 1 is 0.926 bits per heavy atom. The molecule has 3 aromatic rings. The molecule has 0 unspecified atom stereocenters. The number of H-pyrrole nitrogens is 1. The van der Waals surface area contributed by atoms with Gasteiger partial charge in [0.15, 0.2) is 0 Å². The highest BCUT2D eigenvalue weighted by molar-refractivity contribution is 6.00. The zero-order chi connectivity index (χ0) is 19.3. The molecule has 1 atom stereocenters. The average molecular weight is 358 g/mol. The fourth-order valence-electron chi connectivity index (χ4n) is 4.18. The first-order chi connectivity index (χ1) is 12.8. The van der Waals surface area contributed by atoms with Crippen molar-refractivity contribution in [2.24, 2.45) is 0 Å². The van der Waals surface area contributed by atoms with Gasteiger partial charge in [-0.25, -0.2) is 0 Å². The molecule has 0 aliphatic carbocycles. The second kappa shape index (κ2) is 6.12. The lowest BCUT2D eigenvalue weighted by atomic mass is 9.91. The molecule has 0 bridgehead atoms. The summed E-state index contributed by atoms with van der Waals surface area (Å²) in [5.41, 5.74) is 6.25. The van der Waals surface area contributed by atoms with E-state index >= 15 is 0 Å². The topological polar surface area (TPSA) is 36.1 Å². The molecule has 0 spiro atoms. The minimum absolute atomic E-state index is 0.0659. The van der Waals surface area contributed by atoms with E-state index in [1.165, 1.54) is 10.9 Å². The number of fused-ring (bicyclic) bond motifs is 1. The van der Waals surface area contributed by atoms with Crippen LogP contribution in [0.4, 0.5) is 0 Å². The number of carbonyl (C=O) groups excluding carboxylic acids is 1. The Balaban J connectivity index is 2.04. The minimum atomic E-state index is -0.271. The lowest BCUT2D eigenvalue weighted by Crippen LogP contribution is -2.45. The van der Waals surface area contributed by atoms with Crippen LogP contribution in [-0.4, -0.2) is 21.3 Å². The Hall–Kier alpha value is -2.81. The van der Waals surface area contributed by atoms with Gasteiger partial charge in [0.1, 0.15) is 0 Å². The van der Waals surface area contributed by atoms with Gasteiger partial charge in [-0.3, -0.25) is 4.79 Å². The van der Waals surface area contributed by atoms with Crippen molar-refractivity contribution in [3.05, 3.63) is 71.3 Å². The monoisotopic (exact) mass is 358 g/mol. The molecule has 0 radical (unpaired) electrons. The van der Waals surface area contributed by atoms with Crippen LogP contribution in [0.3, 0.4) is 0 Å². The predicted octanol–water partition coefficient (Wildman–Crippen LogP) is 5.85. The van der Waals surface area contributed by atoms with E-state index in [9.17, 15) is 4.79 Å². The van der Waals surface area contributed by atoms with Crippen molar-refractivity contribution in [3.63, 3.8) is 0 Å². The molecule has 1 aliphatic rings. The van der Waals surface area contributed by atoms with E-state index in [0.29, 0.717) is 0 Å². The number of hydrogen-bond acceptors (Lipinski definition) is 1. The number of benzene rings is 2. The number of carbonyl (C=O) groups is 1. The normalized spacial score (nSPS) is 18.0. The van der Waals surface area contributed by atoms with Crippen molar-refractivity contribution in [3.8, 4) is 11.3 Å². The summed E-state index contributed by atoms with van der Waals surface area (Å²) in [6.07, 6.45) is 0. The van der Waals surface area contributed by atoms with Gasteiger partial charge in [-0.1, -0.05) is 48.5 Å². The number of hydrogen-bond donors (Lipinski definition) is 1. The molecule has 1 amide bonds. The maximum atomic E-state index is 13.1. The quantitative estimate of drug-likeness (QED) is 0.612. The molecule has 1 aromatic heterocycles. The average Bonchev–Trinajstić information content (AvgIpc) is 3.13. The summed E-state index contributed by atoms with van der Waals surface area (Å²) < 4.78 is 0. The highest BCUT2D eigenvalue weighted by Crippen LogP contribution is 2.47. The number of nitrogens with zero attached hydrogens (tertiary/aromatic N) is 1. The lowest BCUT2D eigenvalue weighted by molar-refractivity contribution is -0.131. The maximum absolute atomic E-state index is 13.1. The zero-order valence-electron chi connectivity index (χ0n) is 16.6. The molecular formula is C24H26N2O. The third kappa shape index (κ3) is 2.69. The Labute approximate surface area is 160 Å². The lowest BCUT2D eigenvalue weighted by Gasteiger charge is -2.38. The standard InChI is InChI=1S/C24H26N2O/c1-15-16(2)23(27)26(24(3,4)5)22(15)20-18-13-9-10-14-19(18)25-21(20)17-11-7-6-8-12-17/h6-14,22,25H,1-5H3/t22-/m1/s1. The summed E-state index contributed by atoms with van der Waals surface area (Å²) in [4.78, 5) is 18.8. The number of amides is 1. The van der Waals surface area contributed by atoms with Gasteiger partial charge in [-0.15, -0.1) is 0 Å². The van der Waals surface area contributed by atoms with Crippen molar-refractivity contribution in [2.45, 2.75) is 46.2 Å². The molecule has 1 N–H and O–H groups in total. The molecule has 4 rings (SSSR count). The number of rotatable bonds is 2. The predicted molar refractivity (Wildman–Crippen MR) is 111 cm³/mol. The Bertz CT molecular complexity index is 1050. The van der Waals surface area contributed by atoms with Crippen LogP contribution >= 0.6 is 0 Å². The van der Waals surface area contributed by atoms with Crippen LogP contribution < -0.4 is 0 Å². The minimum Gasteiger partial charge on any atom is -0.354 e. The molecule has 3 heteroatoms. The first kappa shape index (κ1) is 17.6. The number of nitrogens with one attached hydrogen (secondary N) is 1. The van der Waals surface area contributed by atoms with Crippen LogP contribution in [0.15, 0.2) is 65.7 Å². The Kier molecular flexibility index (Phi) is 3.99. The van der Waals surface area contributed by atoms with Gasteiger partial charge in [-0.05, 0) is 51.8 Å². The van der Waals surface area contributed by atoms with Gasteiger partial charge < -0.3 is 9.88 Å². The SMILES string of the molecule is CC1=C(C)[C@H](c2c(-c3ccccc3)[nH]c3ccccc23)N(C(C)(C)C)C1=O. The van der Waals surface area contributed by atoms with Crippen LogP contribution in [0, 0.1) is 0 Å². The Morgan fingerprint density at radius 2 is 1.56 bits per heavy atom. The second-order valence-electron chi connectivity index (χ2n) is 8.38. The van der Waals surface area contributed by atoms with E-state index in [2.05, 4.69) is 75.1 Å². The van der Waals surface area contributed by atoms with Crippen LogP contribution in [-0.2, 0) is 4.79 Å². The van der Waals surface area contributed by atoms with E-state index < -0.39 is 0 Å². The van der Waals surface area contributed by atoms with Crippen molar-refractivity contribution < 1.29 is 4.79 Å². The van der Waals surface area contributed by atoms with E-state index in [-0.39, 0.29) is 17.5 Å². The molecular weight excluding hydrogens is 332 g/mol. The number of aromatic amines is 1. The first-order valence-electron chi connectivity index (χ1n) is 9.47. The van der Waals surface area contributed by atoms with Crippen molar-refractivity contribution in [1.29, 1.82) is 0 Å². The van der Waals surface area contributed by atoms with Crippen LogP contribution in [0.5, 0.6) is 0 Å². The van der Waals surface area contributed by atoms with Gasteiger partial charge in [0.25, 0.3) is 5.91 Å². The molecule has 0 fully saturated rings. The first-order valence-corrected chi connectivity index (χ1v) is 9.47. The van der Waals surface area contributed by atoms with Gasteiger partial charge in [-0.2, -0.15) is 0 Å². The molecule has 0 saturated carbocycles. The van der Waals surface area contributed by atoms with Gasteiger partial charge in [0, 0.05) is 27.6 Å². The third-order valence-electron chi connectivity index (χ3n) is 5.60. The van der Waals surface area contributed by atoms with Crippen molar-refractivity contribution in [1.82, 2.24) is 9.88 Å². The molecule has 3 nitrogen and oxygen atoms in total. The third-order valence-corrected chi connectivity index (χ3v) is 5.60. The van der Waals surface area contributed by atoms with Crippen LogP contribution in [0.25, 0.3) is 22.2 Å². The number of aromatic nitrogens is 1. The molecule has 0 saturated heterocycles. The summed E-state index contributed by atoms with van der Waals surface area (Å²) >= 11 is 0. The van der Waals surface area contributed by atoms with Crippen LogP contribution in [0.1, 0.15) is 46.2 Å². The van der Waals surface area contributed by atoms with Gasteiger partial charge in [0.05, 0.1) is 11.7 Å². The highest BCUT2D eigenvalue weighted by Gasteiger charge is 2.43. The van der Waals surface area contributed by atoms with Crippen LogP contribution in [0.2, 0.25) is 0 Å². The molecule has 138 valence electrons. The molecule has 27 heavy (non-hydrogen) atoms. The smallest absolute Gasteiger partial charge is 0.250 e. The summed E-state index contributed by atoms with van der Waals surface area (Å²) in [7, 11) is 0. The number of para-hydroxylation sites is 1. The largest absolute Gasteiger partial charge is 0.354 e. The maximum Gasteiger partial charge on any atom is 0.250 e. The second-order valence-corrected chi connectivity index (χ2v) is 8.38. The summed E-state index contributed by atoms with van der Waals surface area (Å²) in [5, 5.41) is 1.18. The van der Waals surface area contributed by atoms with Gasteiger partial charge >= 0.3 is 0 Å². The molecule has 2 heterocycles. The summed E-state index contributed by atoms with van der Waals surface area (Å²) in [6, 6.07) is 18.7. The van der Waals surface area contributed by atoms with E-state index in [1.54, 1.807) is 0 Å². The zero-order valence-corrected chi connectivity index (χ0v) is 16.6. The molecule has 1 aliphatic heterocycles. The van der Waals surface area contributed by atoms with Crippen molar-refractivity contribution in [2.75, 3.05) is 0 Å². The van der Waals surface area contributed by atoms with Crippen molar-refractivity contribution >= 4 is 16.8 Å². The fraction of sp³-hybridized carbons (Fsp3) is 0.292. The van der Waals surface area contributed by atoms with E-state index in [0.717, 1.165) is 27.9 Å². The Morgan fingerprint density at radius 3 is 2.22 bits per heavy atom. The van der Waals surface area contributed by atoms with E-state index in [1.807, 2.05) is 24.0 Å². The highest BCUT2D eigenvalue weighted by atomic mass is 16.2. The van der Waals surface area contributed by atoms with Gasteiger partial charge in [0.2, 0.25) is 0 Å². The molecule has 2 aromatic carbocycles. The summed E-state index contributed by atoms with van der Waals surface area (Å²) in [6.45, 7) is 10.4.